The van der Waals surface area contributed by atoms with Crippen LogP contribution in [0.5, 0.6) is 0 Å². The van der Waals surface area contributed by atoms with Gasteiger partial charge in [-0.2, -0.15) is 13.2 Å². The molecule has 7 nitrogen and oxygen atoms in total. The molecule has 2 rings (SSSR count). The zero-order chi connectivity index (χ0) is 21.8. The number of amides is 1. The molecule has 0 aliphatic carbocycles. The summed E-state index contributed by atoms with van der Waals surface area (Å²) in [5, 5.41) is 1.84. The lowest BCUT2D eigenvalue weighted by Crippen LogP contribution is -2.33. The first kappa shape index (κ1) is 23.1. The molecular weight excluding hydrogens is 409 g/mol. The van der Waals surface area contributed by atoms with E-state index >= 15 is 0 Å². The van der Waals surface area contributed by atoms with Crippen molar-refractivity contribution in [3.8, 4) is 0 Å². The second-order valence-corrected chi connectivity index (χ2v) is 9.01. The number of nitrogens with zero attached hydrogens (tertiary/aromatic N) is 3. The number of fused-ring (bicyclic) bond motifs is 1. The highest BCUT2D eigenvalue weighted by atomic mass is 32.2. The van der Waals surface area contributed by atoms with Crippen molar-refractivity contribution in [1.29, 1.82) is 0 Å². The fourth-order valence-electron chi connectivity index (χ4n) is 2.80. The second kappa shape index (κ2) is 9.12. The molecule has 0 aliphatic rings. The Labute approximate surface area is 167 Å². The minimum Gasteiger partial charge on any atom is -0.347 e. The topological polar surface area (TPSA) is 84.3 Å². The molecular formula is C18H25F3N4O3S. The van der Waals surface area contributed by atoms with E-state index in [-0.39, 0.29) is 17.7 Å². The van der Waals surface area contributed by atoms with Crippen LogP contribution in [0.3, 0.4) is 0 Å². The van der Waals surface area contributed by atoms with Gasteiger partial charge in [-0.15, -0.1) is 0 Å². The molecule has 0 radical (unpaired) electrons. The van der Waals surface area contributed by atoms with Crippen molar-refractivity contribution in [2.24, 2.45) is 0 Å². The molecule has 0 atom stereocenters. The first-order valence-electron chi connectivity index (χ1n) is 9.21. The van der Waals surface area contributed by atoms with Crippen LogP contribution in [-0.2, 0) is 27.8 Å². The first-order valence-corrected chi connectivity index (χ1v) is 10.6. The maximum absolute atomic E-state index is 12.4. The largest absolute Gasteiger partial charge is 0.405 e. The lowest BCUT2D eigenvalue weighted by molar-refractivity contribution is -0.138. The van der Waals surface area contributed by atoms with Gasteiger partial charge in [0.1, 0.15) is 12.4 Å². The smallest absolute Gasteiger partial charge is 0.347 e. The van der Waals surface area contributed by atoms with Gasteiger partial charge in [0.25, 0.3) is 0 Å². The molecule has 0 saturated heterocycles. The average molecular weight is 434 g/mol. The average Bonchev–Trinajstić information content (AvgIpc) is 2.98. The van der Waals surface area contributed by atoms with Crippen LogP contribution in [0.4, 0.5) is 13.2 Å². The number of unbranched alkanes of at least 4 members (excludes halogenated alkanes) is 1. The summed E-state index contributed by atoms with van der Waals surface area (Å²) in [5.41, 5.74) is 1.19. The van der Waals surface area contributed by atoms with E-state index in [0.717, 1.165) is 22.7 Å². The molecule has 1 amide bonds. The Balaban J connectivity index is 2.29. The van der Waals surface area contributed by atoms with E-state index in [0.29, 0.717) is 17.9 Å². The summed E-state index contributed by atoms with van der Waals surface area (Å²) in [7, 11) is -0.753. The Hall–Kier alpha value is -2.14. The Morgan fingerprint density at radius 3 is 2.55 bits per heavy atom. The predicted octanol–water partition coefficient (Wildman–Crippen LogP) is 2.70. The van der Waals surface area contributed by atoms with Crippen molar-refractivity contribution >= 4 is 27.0 Å². The summed E-state index contributed by atoms with van der Waals surface area (Å²) in [4.78, 5) is 16.3. The summed E-state index contributed by atoms with van der Waals surface area (Å²) in [6, 6.07) is 4.64. The molecule has 0 saturated carbocycles. The van der Waals surface area contributed by atoms with Gasteiger partial charge in [-0.3, -0.25) is 4.79 Å². The van der Waals surface area contributed by atoms with Gasteiger partial charge in [-0.1, -0.05) is 13.3 Å². The third kappa shape index (κ3) is 5.92. The van der Waals surface area contributed by atoms with Gasteiger partial charge in [0.05, 0.1) is 15.9 Å². The fraction of sp³-hybridized carbons (Fsp3) is 0.556. The monoisotopic (exact) mass is 434 g/mol. The van der Waals surface area contributed by atoms with Gasteiger partial charge in [0, 0.05) is 33.5 Å². The van der Waals surface area contributed by atoms with Crippen LogP contribution in [-0.4, -0.2) is 55.0 Å². The number of alkyl halides is 3. The molecule has 0 aliphatic heterocycles. The van der Waals surface area contributed by atoms with E-state index in [9.17, 15) is 26.4 Å². The van der Waals surface area contributed by atoms with Crippen molar-refractivity contribution in [3.63, 3.8) is 0 Å². The van der Waals surface area contributed by atoms with E-state index in [1.165, 1.54) is 26.2 Å². The Bertz CT molecular complexity index is 969. The van der Waals surface area contributed by atoms with Crippen molar-refractivity contribution in [3.05, 3.63) is 24.0 Å². The van der Waals surface area contributed by atoms with Gasteiger partial charge >= 0.3 is 6.18 Å². The molecule has 2 aromatic rings. The number of imidazole rings is 1. The number of benzene rings is 1. The van der Waals surface area contributed by atoms with Gasteiger partial charge in [0.2, 0.25) is 15.9 Å². The fourth-order valence-corrected chi connectivity index (χ4v) is 3.72. The lowest BCUT2D eigenvalue weighted by atomic mass is 10.2. The zero-order valence-electron chi connectivity index (χ0n) is 16.6. The van der Waals surface area contributed by atoms with E-state index in [1.807, 2.05) is 16.8 Å². The first-order chi connectivity index (χ1) is 13.5. The number of rotatable bonds is 9. The molecule has 1 N–H and O–H groups in total. The highest BCUT2D eigenvalue weighted by Crippen LogP contribution is 2.23. The molecule has 0 spiro atoms. The number of aromatic nitrogens is 2. The quantitative estimate of drug-likeness (QED) is 0.658. The molecule has 11 heteroatoms. The lowest BCUT2D eigenvalue weighted by Gasteiger charge is -2.12. The third-order valence-corrected chi connectivity index (χ3v) is 6.19. The van der Waals surface area contributed by atoms with Crippen LogP contribution >= 0.6 is 0 Å². The molecule has 1 aromatic carbocycles. The summed E-state index contributed by atoms with van der Waals surface area (Å²) in [5.74, 6) is -0.178. The summed E-state index contributed by atoms with van der Waals surface area (Å²) >= 11 is 0. The minimum atomic E-state index is -4.46. The second-order valence-electron chi connectivity index (χ2n) is 6.86. The normalized spacial score (nSPS) is 12.7. The van der Waals surface area contributed by atoms with E-state index in [2.05, 4.69) is 4.98 Å². The van der Waals surface area contributed by atoms with Gasteiger partial charge in [-0.25, -0.2) is 17.7 Å². The number of hydrogen-bond donors (Lipinski definition) is 1. The predicted molar refractivity (Wildman–Crippen MR) is 103 cm³/mol. The van der Waals surface area contributed by atoms with Crippen LogP contribution in [0.25, 0.3) is 11.0 Å². The molecule has 0 fully saturated rings. The highest BCUT2D eigenvalue weighted by Gasteiger charge is 2.27. The molecule has 0 bridgehead atoms. The molecule has 29 heavy (non-hydrogen) atoms. The maximum Gasteiger partial charge on any atom is 0.405 e. The molecule has 1 aromatic heterocycles. The van der Waals surface area contributed by atoms with Crippen LogP contribution in [0.1, 0.15) is 32.0 Å². The van der Waals surface area contributed by atoms with Crippen LogP contribution in [0.2, 0.25) is 0 Å². The summed E-state index contributed by atoms with van der Waals surface area (Å²) in [6.45, 7) is 1.27. The molecule has 0 unspecified atom stereocenters. The van der Waals surface area contributed by atoms with E-state index in [1.54, 1.807) is 6.07 Å². The highest BCUT2D eigenvalue weighted by molar-refractivity contribution is 7.89. The number of nitrogens with one attached hydrogen (secondary N) is 1. The van der Waals surface area contributed by atoms with Gasteiger partial charge < -0.3 is 9.88 Å². The number of sulfonamides is 1. The summed E-state index contributed by atoms with van der Waals surface area (Å²) in [6.07, 6.45) is -2.70. The standard InChI is InChI=1S/C18H25F3N4O3S/c1-4-5-10-25-15-7-6-13(29(27,28)24(2)3)11-14(15)23-16(25)8-9-17(26)22-12-18(19,20)21/h6-7,11H,4-5,8-10,12H2,1-3H3,(H,22,26). The van der Waals surface area contributed by atoms with Gasteiger partial charge in [-0.05, 0) is 24.6 Å². The number of aryl methyl sites for hydroxylation is 2. The minimum absolute atomic E-state index is 0.101. The molecule has 1 heterocycles. The third-order valence-electron chi connectivity index (χ3n) is 4.37. The van der Waals surface area contributed by atoms with E-state index < -0.39 is 28.7 Å². The number of halogens is 3. The molecule has 162 valence electrons. The Morgan fingerprint density at radius 2 is 1.97 bits per heavy atom. The number of carbonyl (C=O) groups excluding carboxylic acids is 1. The number of carbonyl (C=O) groups is 1. The van der Waals surface area contributed by atoms with Gasteiger partial charge in [0.15, 0.2) is 0 Å². The Morgan fingerprint density at radius 1 is 1.28 bits per heavy atom. The SMILES string of the molecule is CCCCn1c(CCC(=O)NCC(F)(F)F)nc2cc(S(=O)(=O)N(C)C)ccc21. The summed E-state index contributed by atoms with van der Waals surface area (Å²) < 4.78 is 64.4. The van der Waals surface area contributed by atoms with Crippen LogP contribution in [0, 0.1) is 0 Å². The van der Waals surface area contributed by atoms with Crippen molar-refractivity contribution < 1.29 is 26.4 Å². The van der Waals surface area contributed by atoms with Crippen molar-refractivity contribution in [2.75, 3.05) is 20.6 Å². The Kier molecular flexibility index (Phi) is 7.28. The van der Waals surface area contributed by atoms with Crippen LogP contribution in [0.15, 0.2) is 23.1 Å². The van der Waals surface area contributed by atoms with E-state index in [4.69, 9.17) is 0 Å². The van der Waals surface area contributed by atoms with Crippen LogP contribution < -0.4 is 5.32 Å². The van der Waals surface area contributed by atoms with Crippen molar-refractivity contribution in [2.45, 2.75) is 50.2 Å². The zero-order valence-corrected chi connectivity index (χ0v) is 17.4. The maximum atomic E-state index is 12.4. The number of hydrogen-bond acceptors (Lipinski definition) is 4. The van der Waals surface area contributed by atoms with Crippen molar-refractivity contribution in [1.82, 2.24) is 19.2 Å².